The predicted molar refractivity (Wildman–Crippen MR) is 208 cm³/mol. The fraction of sp³-hybridized carbons (Fsp3) is 0.333. The van der Waals surface area contributed by atoms with E-state index in [0.29, 0.717) is 38.2 Å². The number of nitrogens with zero attached hydrogens (tertiary/aromatic N) is 4. The van der Waals surface area contributed by atoms with Gasteiger partial charge in [0.25, 0.3) is 5.91 Å². The highest BCUT2D eigenvalue weighted by atomic mass is 19.1. The van der Waals surface area contributed by atoms with Crippen LogP contribution >= 0.6 is 0 Å². The molecule has 2 N–H and O–H groups in total. The standard InChI is InChI=1S/C45H42FN5O5/c46-33-8-4-27(5-9-33)36-3-1-2-29-17-35(52)12-13-37(29)42(36)28-6-10-34(11-7-28)50-25-45(26-50)23-48(24-45)22-41(54)49-19-30-16-32-21-51(39-14-15-40(53)47-43(39)55)44(56)38(32)18-31(30)20-49/h4-13,16-18,39,52H,1-3,14-15,19-26H2,(H,47,53,55). The second-order valence-corrected chi connectivity index (χ2v) is 16.5. The lowest BCUT2D eigenvalue weighted by atomic mass is 9.72. The van der Waals surface area contributed by atoms with Crippen molar-refractivity contribution in [3.63, 3.8) is 0 Å². The maximum absolute atomic E-state index is 13.9. The first-order valence-corrected chi connectivity index (χ1v) is 19.6. The Hall–Kier alpha value is -5.81. The largest absolute Gasteiger partial charge is 0.508 e. The van der Waals surface area contributed by atoms with Crippen molar-refractivity contribution in [2.45, 2.75) is 57.8 Å². The van der Waals surface area contributed by atoms with Crippen molar-refractivity contribution in [1.82, 2.24) is 20.0 Å². The summed E-state index contributed by atoms with van der Waals surface area (Å²) in [4.78, 5) is 58.9. The molecule has 10 rings (SSSR count). The van der Waals surface area contributed by atoms with E-state index in [9.17, 15) is 28.7 Å². The predicted octanol–water partition coefficient (Wildman–Crippen LogP) is 5.25. The lowest BCUT2D eigenvalue weighted by Gasteiger charge is -2.61. The van der Waals surface area contributed by atoms with E-state index in [1.165, 1.54) is 17.7 Å². The molecule has 0 aromatic heterocycles. The molecule has 4 amide bonds. The average Bonchev–Trinajstić information content (AvgIpc) is 3.65. The molecule has 4 aromatic rings. The van der Waals surface area contributed by atoms with E-state index in [0.717, 1.165) is 95.6 Å². The van der Waals surface area contributed by atoms with Crippen LogP contribution < -0.4 is 10.2 Å². The summed E-state index contributed by atoms with van der Waals surface area (Å²) in [5.74, 6) is -0.816. The topological polar surface area (TPSA) is 114 Å². The lowest BCUT2D eigenvalue weighted by molar-refractivity contribution is -0.138. The molecule has 1 spiro atoms. The van der Waals surface area contributed by atoms with Crippen molar-refractivity contribution >= 4 is 40.5 Å². The molecule has 0 radical (unpaired) electrons. The molecular weight excluding hydrogens is 710 g/mol. The number of carbonyl (C=O) groups is 4. The Bertz CT molecular complexity index is 2360. The first kappa shape index (κ1) is 34.7. The van der Waals surface area contributed by atoms with E-state index in [-0.39, 0.29) is 41.1 Å². The average molecular weight is 752 g/mol. The molecule has 1 atom stereocenters. The number of nitrogens with one attached hydrogen (secondary N) is 1. The normalized spacial score (nSPS) is 21.3. The first-order valence-electron chi connectivity index (χ1n) is 19.6. The number of aryl methyl sites for hydroxylation is 1. The van der Waals surface area contributed by atoms with Gasteiger partial charge in [0.1, 0.15) is 17.6 Å². The highest BCUT2D eigenvalue weighted by Crippen LogP contribution is 2.44. The Morgan fingerprint density at radius 3 is 2.25 bits per heavy atom. The van der Waals surface area contributed by atoms with Crippen LogP contribution in [0.1, 0.15) is 75.0 Å². The van der Waals surface area contributed by atoms with Crippen LogP contribution in [0.5, 0.6) is 5.75 Å². The summed E-state index contributed by atoms with van der Waals surface area (Å²) in [5, 5.41) is 12.6. The van der Waals surface area contributed by atoms with E-state index in [4.69, 9.17) is 0 Å². The third-order valence-corrected chi connectivity index (χ3v) is 12.7. The van der Waals surface area contributed by atoms with Gasteiger partial charge in [-0.1, -0.05) is 36.4 Å². The van der Waals surface area contributed by atoms with Gasteiger partial charge >= 0.3 is 0 Å². The number of hydrogen-bond acceptors (Lipinski definition) is 7. The number of allylic oxidation sites excluding steroid dienone is 1. The SMILES string of the molecule is O=C1CCC(N2Cc3cc4c(cc3C2=O)CN(C(=O)CN2CC3(C2)CN(c2ccc(C5=C(c6ccc(F)cc6)CCCc6cc(O)ccc65)cc2)C3)C4)C(=O)N1. The van der Waals surface area contributed by atoms with Gasteiger partial charge in [0, 0.05) is 68.9 Å². The molecule has 0 bridgehead atoms. The van der Waals surface area contributed by atoms with E-state index >= 15 is 0 Å². The molecule has 3 saturated heterocycles. The van der Waals surface area contributed by atoms with Crippen LogP contribution in [0.2, 0.25) is 0 Å². The number of rotatable bonds is 6. The Labute approximate surface area is 324 Å². The van der Waals surface area contributed by atoms with Gasteiger partial charge in [0.2, 0.25) is 17.7 Å². The van der Waals surface area contributed by atoms with Crippen molar-refractivity contribution in [2.75, 3.05) is 37.6 Å². The second kappa shape index (κ2) is 13.2. The molecule has 3 fully saturated rings. The van der Waals surface area contributed by atoms with Crippen molar-refractivity contribution in [1.29, 1.82) is 0 Å². The summed E-state index contributed by atoms with van der Waals surface area (Å²) in [6.07, 6.45) is 3.21. The lowest BCUT2D eigenvalue weighted by Crippen LogP contribution is -2.72. The minimum Gasteiger partial charge on any atom is -0.508 e. The Morgan fingerprint density at radius 1 is 0.768 bits per heavy atom. The fourth-order valence-corrected chi connectivity index (χ4v) is 9.98. The van der Waals surface area contributed by atoms with Crippen molar-refractivity contribution in [2.24, 2.45) is 5.41 Å². The summed E-state index contributed by atoms with van der Waals surface area (Å²) < 4.78 is 13.9. The van der Waals surface area contributed by atoms with Crippen LogP contribution in [0.4, 0.5) is 10.1 Å². The van der Waals surface area contributed by atoms with Crippen LogP contribution in [0.15, 0.2) is 78.9 Å². The number of carbonyl (C=O) groups excluding carboxylic acids is 4. The first-order chi connectivity index (χ1) is 27.1. The number of phenolic OH excluding ortho intramolecular Hbond substituents is 1. The van der Waals surface area contributed by atoms with Gasteiger partial charge < -0.3 is 19.8 Å². The zero-order valence-electron chi connectivity index (χ0n) is 31.0. The molecule has 56 heavy (non-hydrogen) atoms. The molecule has 284 valence electrons. The molecular formula is C45H42FN5O5. The summed E-state index contributed by atoms with van der Waals surface area (Å²) in [6.45, 7) is 5.31. The molecule has 0 saturated carbocycles. The summed E-state index contributed by atoms with van der Waals surface area (Å²) >= 11 is 0. The van der Waals surface area contributed by atoms with Gasteiger partial charge in [-0.3, -0.25) is 29.4 Å². The molecule has 1 aliphatic carbocycles. The van der Waals surface area contributed by atoms with Gasteiger partial charge in [-0.05, 0) is 118 Å². The number of phenols is 1. The van der Waals surface area contributed by atoms with Gasteiger partial charge in [-0.15, -0.1) is 0 Å². The van der Waals surface area contributed by atoms with Gasteiger partial charge in [0.15, 0.2) is 0 Å². The summed E-state index contributed by atoms with van der Waals surface area (Å²) in [6, 6.07) is 24.4. The summed E-state index contributed by atoms with van der Waals surface area (Å²) in [7, 11) is 0. The highest BCUT2D eigenvalue weighted by Gasteiger charge is 2.52. The number of hydrogen-bond donors (Lipinski definition) is 2. The zero-order valence-corrected chi connectivity index (χ0v) is 31.0. The minimum atomic E-state index is -0.641. The van der Waals surface area contributed by atoms with Gasteiger partial charge in [-0.25, -0.2) is 4.39 Å². The van der Waals surface area contributed by atoms with Gasteiger partial charge in [0.05, 0.1) is 6.54 Å². The molecule has 6 aliphatic rings. The van der Waals surface area contributed by atoms with Crippen molar-refractivity contribution in [3.05, 3.63) is 129 Å². The molecule has 5 heterocycles. The molecule has 1 unspecified atom stereocenters. The van der Waals surface area contributed by atoms with Crippen LogP contribution in [0.3, 0.4) is 0 Å². The van der Waals surface area contributed by atoms with E-state index in [1.54, 1.807) is 11.0 Å². The quantitative estimate of drug-likeness (QED) is 0.259. The number of likely N-dealkylation sites (tertiary alicyclic amines) is 1. The van der Waals surface area contributed by atoms with Crippen LogP contribution in [-0.4, -0.2) is 82.2 Å². The molecule has 10 nitrogen and oxygen atoms in total. The number of fused-ring (bicyclic) bond motifs is 3. The molecule has 5 aliphatic heterocycles. The van der Waals surface area contributed by atoms with E-state index < -0.39 is 11.9 Å². The molecule has 11 heteroatoms. The fourth-order valence-electron chi connectivity index (χ4n) is 9.98. The number of amides is 4. The van der Waals surface area contributed by atoms with Crippen molar-refractivity contribution < 1.29 is 28.7 Å². The van der Waals surface area contributed by atoms with Crippen LogP contribution in [-0.2, 0) is 40.4 Å². The Morgan fingerprint density at radius 2 is 1.50 bits per heavy atom. The third-order valence-electron chi connectivity index (χ3n) is 12.7. The number of aromatic hydroxyl groups is 1. The zero-order chi connectivity index (χ0) is 38.3. The smallest absolute Gasteiger partial charge is 0.255 e. The summed E-state index contributed by atoms with van der Waals surface area (Å²) in [5.41, 5.74) is 11.5. The molecule has 4 aromatic carbocycles. The van der Waals surface area contributed by atoms with Crippen LogP contribution in [0.25, 0.3) is 11.1 Å². The van der Waals surface area contributed by atoms with Crippen LogP contribution in [0, 0.1) is 11.2 Å². The third kappa shape index (κ3) is 5.96. The number of imide groups is 1. The number of piperidine rings is 1. The maximum atomic E-state index is 13.9. The highest BCUT2D eigenvalue weighted by molar-refractivity contribution is 6.05. The Kier molecular flexibility index (Phi) is 8.14. The minimum absolute atomic E-state index is 0.0871. The Balaban J connectivity index is 0.759. The van der Waals surface area contributed by atoms with E-state index in [1.807, 2.05) is 41.3 Å². The van der Waals surface area contributed by atoms with Gasteiger partial charge in [-0.2, -0.15) is 0 Å². The number of halogens is 1. The van der Waals surface area contributed by atoms with E-state index in [2.05, 4.69) is 39.4 Å². The second-order valence-electron chi connectivity index (χ2n) is 16.5. The number of anilines is 1. The maximum Gasteiger partial charge on any atom is 0.255 e. The van der Waals surface area contributed by atoms with Crippen molar-refractivity contribution in [3.8, 4) is 5.75 Å². The number of benzene rings is 4. The monoisotopic (exact) mass is 751 g/mol.